The van der Waals surface area contributed by atoms with Gasteiger partial charge in [-0.2, -0.15) is 0 Å². The third-order valence-electron chi connectivity index (χ3n) is 4.59. The summed E-state index contributed by atoms with van der Waals surface area (Å²) in [5, 5.41) is 2.04. The molecule has 0 aliphatic carbocycles. The lowest BCUT2D eigenvalue weighted by atomic mass is 10.1. The minimum absolute atomic E-state index is 0.227. The molecule has 0 spiro atoms. The predicted molar refractivity (Wildman–Crippen MR) is 95.9 cm³/mol. The summed E-state index contributed by atoms with van der Waals surface area (Å²) < 4.78 is 6.24. The number of anilines is 1. The van der Waals surface area contributed by atoms with E-state index in [4.69, 9.17) is 10.5 Å². The number of rotatable bonds is 4. The van der Waals surface area contributed by atoms with Crippen molar-refractivity contribution in [3.63, 3.8) is 0 Å². The first-order chi connectivity index (χ1) is 11.8. The van der Waals surface area contributed by atoms with Gasteiger partial charge in [0, 0.05) is 36.6 Å². The minimum atomic E-state index is 0.227. The molecular formula is C19H22N4O. The molecule has 3 aromatic rings. The van der Waals surface area contributed by atoms with Crippen LogP contribution in [0, 0.1) is 0 Å². The Labute approximate surface area is 141 Å². The van der Waals surface area contributed by atoms with E-state index < -0.39 is 0 Å². The summed E-state index contributed by atoms with van der Waals surface area (Å²) in [4.78, 5) is 9.85. The average Bonchev–Trinajstić information content (AvgIpc) is 3.08. The van der Waals surface area contributed by atoms with Gasteiger partial charge in [0.15, 0.2) is 0 Å². The Kier molecular flexibility index (Phi) is 4.09. The molecule has 1 aliphatic rings. The van der Waals surface area contributed by atoms with Crippen molar-refractivity contribution >= 4 is 16.6 Å². The van der Waals surface area contributed by atoms with Crippen LogP contribution in [-0.2, 0) is 6.54 Å². The number of hydrogen-bond donors (Lipinski definition) is 2. The van der Waals surface area contributed by atoms with Crippen LogP contribution in [0.2, 0.25) is 0 Å². The van der Waals surface area contributed by atoms with Crippen molar-refractivity contribution in [2.75, 3.05) is 18.8 Å². The molecule has 0 radical (unpaired) electrons. The fraction of sp³-hybridized carbons (Fsp3) is 0.316. The normalized spacial score (nSPS) is 18.8. The van der Waals surface area contributed by atoms with E-state index in [0.29, 0.717) is 5.82 Å². The highest BCUT2D eigenvalue weighted by atomic mass is 16.5. The molecule has 5 heteroatoms. The maximum atomic E-state index is 6.24. The van der Waals surface area contributed by atoms with Gasteiger partial charge in [0.05, 0.1) is 0 Å². The number of nitrogens with zero attached hydrogens (tertiary/aromatic N) is 2. The molecule has 1 unspecified atom stereocenters. The fourth-order valence-electron chi connectivity index (χ4n) is 3.40. The number of ether oxygens (including phenoxy) is 1. The van der Waals surface area contributed by atoms with E-state index in [2.05, 4.69) is 27.0 Å². The van der Waals surface area contributed by atoms with Gasteiger partial charge in [-0.1, -0.05) is 0 Å². The van der Waals surface area contributed by atoms with Crippen molar-refractivity contribution in [3.05, 3.63) is 54.5 Å². The number of nitrogens with two attached hydrogens (primary N) is 1. The van der Waals surface area contributed by atoms with Gasteiger partial charge >= 0.3 is 0 Å². The van der Waals surface area contributed by atoms with Crippen LogP contribution in [0.5, 0.6) is 5.75 Å². The Bertz CT molecular complexity index is 815. The molecular weight excluding hydrogens is 300 g/mol. The number of H-pyrrole nitrogens is 1. The van der Waals surface area contributed by atoms with E-state index in [-0.39, 0.29) is 6.10 Å². The second-order valence-corrected chi connectivity index (χ2v) is 6.39. The van der Waals surface area contributed by atoms with E-state index >= 15 is 0 Å². The molecule has 4 rings (SSSR count). The van der Waals surface area contributed by atoms with Gasteiger partial charge in [-0.25, -0.2) is 4.98 Å². The van der Waals surface area contributed by atoms with E-state index in [0.717, 1.165) is 49.0 Å². The van der Waals surface area contributed by atoms with Crippen LogP contribution >= 0.6 is 0 Å². The zero-order valence-electron chi connectivity index (χ0n) is 13.6. The second kappa shape index (κ2) is 6.53. The predicted octanol–water partition coefficient (Wildman–Crippen LogP) is 3.19. The summed E-state index contributed by atoms with van der Waals surface area (Å²) >= 11 is 0. The zero-order valence-corrected chi connectivity index (χ0v) is 13.6. The first-order valence-corrected chi connectivity index (χ1v) is 8.43. The molecule has 3 N–H and O–H groups in total. The van der Waals surface area contributed by atoms with Crippen LogP contribution < -0.4 is 10.5 Å². The van der Waals surface area contributed by atoms with Crippen molar-refractivity contribution in [2.45, 2.75) is 25.5 Å². The number of aromatic amines is 1. The fourth-order valence-corrected chi connectivity index (χ4v) is 3.40. The van der Waals surface area contributed by atoms with Crippen LogP contribution in [0.25, 0.3) is 10.8 Å². The topological polar surface area (TPSA) is 67.2 Å². The SMILES string of the molecule is Nc1nccc2cc(OC3CCCN(Cc4ccc[nH]4)C3)ccc12. The van der Waals surface area contributed by atoms with E-state index in [1.54, 1.807) is 6.20 Å². The second-order valence-electron chi connectivity index (χ2n) is 6.39. The number of likely N-dealkylation sites (tertiary alicyclic amines) is 1. The van der Waals surface area contributed by atoms with Gasteiger partial charge in [-0.15, -0.1) is 0 Å². The first-order valence-electron chi connectivity index (χ1n) is 8.43. The molecule has 1 saturated heterocycles. The molecule has 24 heavy (non-hydrogen) atoms. The van der Waals surface area contributed by atoms with Crippen LogP contribution in [0.3, 0.4) is 0 Å². The van der Waals surface area contributed by atoms with Crippen LogP contribution in [0.15, 0.2) is 48.8 Å². The molecule has 124 valence electrons. The quantitative estimate of drug-likeness (QED) is 0.774. The molecule has 0 amide bonds. The van der Waals surface area contributed by atoms with Crippen LogP contribution in [0.1, 0.15) is 18.5 Å². The van der Waals surface area contributed by atoms with Gasteiger partial charge in [0.2, 0.25) is 0 Å². The van der Waals surface area contributed by atoms with Crippen LogP contribution in [0.4, 0.5) is 5.82 Å². The van der Waals surface area contributed by atoms with Gasteiger partial charge in [0.1, 0.15) is 17.7 Å². The lowest BCUT2D eigenvalue weighted by molar-refractivity contribution is 0.0838. The molecule has 1 aliphatic heterocycles. The molecule has 0 bridgehead atoms. The lowest BCUT2D eigenvalue weighted by Gasteiger charge is -2.32. The Morgan fingerprint density at radius 3 is 3.12 bits per heavy atom. The van der Waals surface area contributed by atoms with Crippen molar-refractivity contribution in [2.24, 2.45) is 0 Å². The summed E-state index contributed by atoms with van der Waals surface area (Å²) in [7, 11) is 0. The molecule has 1 atom stereocenters. The molecule has 1 aromatic carbocycles. The number of hydrogen-bond acceptors (Lipinski definition) is 4. The molecule has 1 fully saturated rings. The largest absolute Gasteiger partial charge is 0.489 e. The summed E-state index contributed by atoms with van der Waals surface area (Å²) in [6.07, 6.45) is 6.20. The van der Waals surface area contributed by atoms with Crippen molar-refractivity contribution < 1.29 is 4.74 Å². The number of pyridine rings is 1. The monoisotopic (exact) mass is 322 g/mol. The van der Waals surface area contributed by atoms with Gasteiger partial charge < -0.3 is 15.5 Å². The molecule has 3 heterocycles. The van der Waals surface area contributed by atoms with E-state index in [1.807, 2.05) is 30.5 Å². The van der Waals surface area contributed by atoms with Gasteiger partial charge in [-0.3, -0.25) is 4.90 Å². The third kappa shape index (κ3) is 3.21. The number of fused-ring (bicyclic) bond motifs is 1. The van der Waals surface area contributed by atoms with Gasteiger partial charge in [0.25, 0.3) is 0 Å². The summed E-state index contributed by atoms with van der Waals surface area (Å²) in [5.41, 5.74) is 7.17. The standard InChI is InChI=1S/C19H22N4O/c20-19-18-6-5-16(11-14(18)7-9-22-19)24-17-4-2-10-23(13-17)12-15-3-1-8-21-15/h1,3,5-9,11,17,21H,2,4,10,12-13H2,(H2,20,22). The van der Waals surface area contributed by atoms with Crippen molar-refractivity contribution in [1.29, 1.82) is 0 Å². The van der Waals surface area contributed by atoms with Crippen molar-refractivity contribution in [1.82, 2.24) is 14.9 Å². The number of piperidine rings is 1. The molecule has 0 saturated carbocycles. The number of aromatic nitrogens is 2. The third-order valence-corrected chi connectivity index (χ3v) is 4.59. The smallest absolute Gasteiger partial charge is 0.131 e. The van der Waals surface area contributed by atoms with Gasteiger partial charge in [-0.05, 0) is 61.2 Å². The summed E-state index contributed by atoms with van der Waals surface area (Å²) in [5.74, 6) is 1.47. The Balaban J connectivity index is 1.44. The molecule has 5 nitrogen and oxygen atoms in total. The maximum absolute atomic E-state index is 6.24. The zero-order chi connectivity index (χ0) is 16.4. The summed E-state index contributed by atoms with van der Waals surface area (Å²) in [6, 6.07) is 12.2. The number of nitrogens with one attached hydrogen (secondary N) is 1. The maximum Gasteiger partial charge on any atom is 0.131 e. The summed E-state index contributed by atoms with van der Waals surface area (Å²) in [6.45, 7) is 3.03. The van der Waals surface area contributed by atoms with E-state index in [9.17, 15) is 0 Å². The first kappa shape index (κ1) is 15.0. The Morgan fingerprint density at radius 2 is 2.25 bits per heavy atom. The van der Waals surface area contributed by atoms with E-state index in [1.165, 1.54) is 5.69 Å². The Morgan fingerprint density at radius 1 is 1.29 bits per heavy atom. The highest BCUT2D eigenvalue weighted by Gasteiger charge is 2.21. The lowest BCUT2D eigenvalue weighted by Crippen LogP contribution is -2.40. The minimum Gasteiger partial charge on any atom is -0.489 e. The molecule has 2 aromatic heterocycles. The van der Waals surface area contributed by atoms with Crippen molar-refractivity contribution in [3.8, 4) is 5.75 Å². The number of nitrogen functional groups attached to an aromatic ring is 1. The number of benzene rings is 1. The Hall–Kier alpha value is -2.53. The highest BCUT2D eigenvalue weighted by molar-refractivity contribution is 5.91. The van der Waals surface area contributed by atoms with Crippen LogP contribution in [-0.4, -0.2) is 34.1 Å². The highest BCUT2D eigenvalue weighted by Crippen LogP contribution is 2.26. The average molecular weight is 322 g/mol.